The topological polar surface area (TPSA) is 218 Å². The van der Waals surface area contributed by atoms with Crippen LogP contribution in [0.4, 0.5) is 4.79 Å². The van der Waals surface area contributed by atoms with Gasteiger partial charge in [-0.15, -0.1) is 0 Å². The zero-order valence-corrected chi connectivity index (χ0v) is 32.9. The van der Waals surface area contributed by atoms with E-state index in [1.165, 1.54) is 12.0 Å². The molecule has 0 fully saturated rings. The summed E-state index contributed by atoms with van der Waals surface area (Å²) in [7, 11) is 1.22. The van der Waals surface area contributed by atoms with Gasteiger partial charge < -0.3 is 41.1 Å². The molecular formula is C43H49N7O8. The van der Waals surface area contributed by atoms with Crippen LogP contribution in [0.15, 0.2) is 85.1 Å². The van der Waals surface area contributed by atoms with Gasteiger partial charge in [0.25, 0.3) is 0 Å². The summed E-state index contributed by atoms with van der Waals surface area (Å²) in [5.74, 6) is -3.51. The Bertz CT molecular complexity index is 2310. The lowest BCUT2D eigenvalue weighted by Gasteiger charge is -2.36. The first-order chi connectivity index (χ1) is 27.7. The van der Waals surface area contributed by atoms with E-state index in [-0.39, 0.29) is 38.6 Å². The number of amides is 5. The standard InChI is InChI=1S/C43H49N7O8/c1-43(2,3)58-42(56)50-24-35-29(28-15-9-11-17-31(28)46-35)22-36(50)40(54)47-32(18-19-37(44)51)38(52)48-33(20-25-12-6-5-7-13-25)39(53)49-34(41(55)57-4)21-26-23-45-30-16-10-8-14-27(26)30/h5-17,23,32-34,36,45-46H,18-22,24H2,1-4H3,(H2,44,51)(H,47,54)(H,48,52)(H,49,53)/t32-,33-,34-,36-/m0/s1. The van der Waals surface area contributed by atoms with Crippen molar-refractivity contribution < 1.29 is 38.2 Å². The summed E-state index contributed by atoms with van der Waals surface area (Å²) >= 11 is 0. The van der Waals surface area contributed by atoms with Gasteiger partial charge in [-0.1, -0.05) is 66.7 Å². The van der Waals surface area contributed by atoms with Gasteiger partial charge in [-0.2, -0.15) is 0 Å². The van der Waals surface area contributed by atoms with E-state index in [2.05, 4.69) is 25.9 Å². The number of primary amides is 1. The molecule has 6 rings (SSSR count). The number of aromatic nitrogens is 2. The molecule has 0 radical (unpaired) electrons. The average molecular weight is 792 g/mol. The molecule has 58 heavy (non-hydrogen) atoms. The zero-order chi connectivity index (χ0) is 41.6. The molecule has 5 amide bonds. The van der Waals surface area contributed by atoms with Crippen molar-refractivity contribution in [2.75, 3.05) is 7.11 Å². The molecule has 5 aromatic rings. The van der Waals surface area contributed by atoms with Crippen LogP contribution >= 0.6 is 0 Å². The second-order valence-corrected chi connectivity index (χ2v) is 15.4. The smallest absolute Gasteiger partial charge is 0.411 e. The van der Waals surface area contributed by atoms with Gasteiger partial charge in [-0.25, -0.2) is 9.59 Å². The Morgan fingerprint density at radius 1 is 0.810 bits per heavy atom. The number of carbonyl (C=O) groups excluding carboxylic acids is 6. The molecule has 0 bridgehead atoms. The number of hydrogen-bond acceptors (Lipinski definition) is 8. The number of nitrogens with two attached hydrogens (primary N) is 1. The van der Waals surface area contributed by atoms with Gasteiger partial charge >= 0.3 is 12.1 Å². The van der Waals surface area contributed by atoms with E-state index in [0.717, 1.165) is 38.6 Å². The fraction of sp³-hybridized carbons (Fsp3) is 0.349. The first-order valence-corrected chi connectivity index (χ1v) is 19.1. The highest BCUT2D eigenvalue weighted by Crippen LogP contribution is 2.31. The highest BCUT2D eigenvalue weighted by atomic mass is 16.6. The minimum atomic E-state index is -1.35. The number of carbonyl (C=O) groups is 6. The minimum Gasteiger partial charge on any atom is -0.467 e. The van der Waals surface area contributed by atoms with E-state index in [1.807, 2.05) is 54.6 Å². The third kappa shape index (κ3) is 9.83. The lowest BCUT2D eigenvalue weighted by atomic mass is 9.95. The number of aromatic amines is 2. The van der Waals surface area contributed by atoms with Crippen LogP contribution in [0.2, 0.25) is 0 Å². The van der Waals surface area contributed by atoms with Gasteiger partial charge in [-0.3, -0.25) is 24.1 Å². The second kappa shape index (κ2) is 17.7. The number of fused-ring (bicyclic) bond motifs is 4. The Hall–Kier alpha value is -6.64. The minimum absolute atomic E-state index is 0.0221. The van der Waals surface area contributed by atoms with E-state index >= 15 is 0 Å². The zero-order valence-electron chi connectivity index (χ0n) is 32.9. The van der Waals surface area contributed by atoms with Crippen molar-refractivity contribution in [3.8, 4) is 0 Å². The van der Waals surface area contributed by atoms with Crippen LogP contribution in [-0.4, -0.2) is 87.4 Å². The van der Waals surface area contributed by atoms with Crippen LogP contribution in [0, 0.1) is 0 Å². The van der Waals surface area contributed by atoms with Crippen molar-refractivity contribution in [2.45, 2.75) is 89.2 Å². The van der Waals surface area contributed by atoms with Crippen LogP contribution in [-0.2, 0) is 59.3 Å². The summed E-state index contributed by atoms with van der Waals surface area (Å²) in [6.45, 7) is 5.20. The molecule has 3 heterocycles. The van der Waals surface area contributed by atoms with Crippen molar-refractivity contribution in [1.82, 2.24) is 30.8 Å². The van der Waals surface area contributed by atoms with Crippen LogP contribution < -0.4 is 21.7 Å². The Labute approximate surface area is 335 Å². The summed E-state index contributed by atoms with van der Waals surface area (Å²) in [6, 6.07) is 19.3. The molecule has 0 saturated heterocycles. The maximum atomic E-state index is 14.3. The van der Waals surface area contributed by atoms with Gasteiger partial charge in [0.05, 0.1) is 13.7 Å². The van der Waals surface area contributed by atoms with Crippen LogP contribution in [0.5, 0.6) is 0 Å². The molecule has 1 aliphatic rings. The van der Waals surface area contributed by atoms with E-state index in [1.54, 1.807) is 51.2 Å². The number of H-pyrrole nitrogens is 2. The highest BCUT2D eigenvalue weighted by Gasteiger charge is 2.40. The van der Waals surface area contributed by atoms with E-state index in [4.69, 9.17) is 15.2 Å². The maximum absolute atomic E-state index is 14.3. The van der Waals surface area contributed by atoms with E-state index in [0.29, 0.717) is 5.56 Å². The number of nitrogens with zero attached hydrogens (tertiary/aromatic N) is 1. The van der Waals surface area contributed by atoms with Crippen molar-refractivity contribution in [2.24, 2.45) is 5.73 Å². The molecule has 0 unspecified atom stereocenters. The molecule has 3 aromatic carbocycles. The number of methoxy groups -OCH3 is 1. The van der Waals surface area contributed by atoms with Crippen molar-refractivity contribution in [3.05, 3.63) is 107 Å². The monoisotopic (exact) mass is 791 g/mol. The van der Waals surface area contributed by atoms with Gasteiger partial charge in [-0.05, 0) is 56.0 Å². The quantitative estimate of drug-likeness (QED) is 0.0910. The summed E-state index contributed by atoms with van der Waals surface area (Å²) in [5, 5.41) is 10.1. The van der Waals surface area contributed by atoms with Gasteiger partial charge in [0.2, 0.25) is 23.6 Å². The molecule has 4 atom stereocenters. The van der Waals surface area contributed by atoms with Gasteiger partial charge in [0, 0.05) is 59.4 Å². The SMILES string of the molecule is COC(=O)[C@H](Cc1c[nH]c2ccccc12)NC(=O)[C@H](Cc1ccccc1)NC(=O)[C@H](CCC(N)=O)NC(=O)[C@@H]1Cc2c([nH]c3ccccc23)CN1C(=O)OC(C)(C)C. The molecular weight excluding hydrogens is 743 g/mol. The molecule has 2 aromatic heterocycles. The van der Waals surface area contributed by atoms with Crippen molar-refractivity contribution >= 4 is 57.5 Å². The van der Waals surface area contributed by atoms with Crippen LogP contribution in [0.25, 0.3) is 21.8 Å². The Balaban J connectivity index is 1.26. The number of esters is 1. The molecule has 0 saturated carbocycles. The van der Waals surface area contributed by atoms with Gasteiger partial charge in [0.1, 0.15) is 29.8 Å². The molecule has 1 aliphatic heterocycles. The van der Waals surface area contributed by atoms with E-state index < -0.39 is 65.5 Å². The van der Waals surface area contributed by atoms with Crippen molar-refractivity contribution in [3.63, 3.8) is 0 Å². The average Bonchev–Trinajstić information content (AvgIpc) is 3.78. The number of hydrogen-bond donors (Lipinski definition) is 6. The Morgan fingerprint density at radius 2 is 1.45 bits per heavy atom. The van der Waals surface area contributed by atoms with Gasteiger partial charge in [0.15, 0.2) is 0 Å². The maximum Gasteiger partial charge on any atom is 0.411 e. The first-order valence-electron chi connectivity index (χ1n) is 19.1. The summed E-state index contributed by atoms with van der Waals surface area (Å²) in [5.41, 5.74) is 9.42. The third-order valence-corrected chi connectivity index (χ3v) is 10.1. The third-order valence-electron chi connectivity index (χ3n) is 10.1. The summed E-state index contributed by atoms with van der Waals surface area (Å²) < 4.78 is 10.8. The predicted molar refractivity (Wildman–Crippen MR) is 216 cm³/mol. The number of benzene rings is 3. The van der Waals surface area contributed by atoms with Crippen molar-refractivity contribution in [1.29, 1.82) is 0 Å². The summed E-state index contributed by atoms with van der Waals surface area (Å²) in [6.07, 6.45) is 0.804. The molecule has 7 N–H and O–H groups in total. The lowest BCUT2D eigenvalue weighted by molar-refractivity contribution is -0.145. The predicted octanol–water partition coefficient (Wildman–Crippen LogP) is 3.69. The number of para-hydroxylation sites is 2. The molecule has 15 heteroatoms. The van der Waals surface area contributed by atoms with E-state index in [9.17, 15) is 28.8 Å². The van der Waals surface area contributed by atoms with Crippen LogP contribution in [0.1, 0.15) is 56.0 Å². The number of rotatable bonds is 14. The fourth-order valence-electron chi connectivity index (χ4n) is 7.24. The number of ether oxygens (including phenoxy) is 2. The molecule has 0 spiro atoms. The normalized spacial score (nSPS) is 15.4. The molecule has 0 aliphatic carbocycles. The first kappa shape index (κ1) is 41.0. The highest BCUT2D eigenvalue weighted by molar-refractivity contribution is 5.96. The molecule has 15 nitrogen and oxygen atoms in total. The largest absolute Gasteiger partial charge is 0.467 e. The lowest BCUT2D eigenvalue weighted by Crippen LogP contribution is -2.59. The molecule has 304 valence electrons. The Morgan fingerprint density at radius 3 is 2.14 bits per heavy atom. The Kier molecular flexibility index (Phi) is 12.5. The fourth-order valence-corrected chi connectivity index (χ4v) is 7.24. The number of nitrogens with one attached hydrogen (secondary N) is 5. The summed E-state index contributed by atoms with van der Waals surface area (Å²) in [4.78, 5) is 89.2. The van der Waals surface area contributed by atoms with Crippen LogP contribution in [0.3, 0.4) is 0 Å². The second-order valence-electron chi connectivity index (χ2n) is 15.4.